The van der Waals surface area contributed by atoms with Gasteiger partial charge in [-0.2, -0.15) is 0 Å². The highest BCUT2D eigenvalue weighted by Crippen LogP contribution is 2.18. The van der Waals surface area contributed by atoms with Gasteiger partial charge >= 0.3 is 5.97 Å². The van der Waals surface area contributed by atoms with Crippen molar-refractivity contribution in [1.29, 1.82) is 0 Å². The van der Waals surface area contributed by atoms with Gasteiger partial charge in [0.25, 0.3) is 0 Å². The zero-order chi connectivity index (χ0) is 16.8. The lowest BCUT2D eigenvalue weighted by atomic mass is 9.96. The molecule has 0 fully saturated rings. The van der Waals surface area contributed by atoms with E-state index in [9.17, 15) is 14.7 Å². The van der Waals surface area contributed by atoms with E-state index in [0.29, 0.717) is 6.42 Å². The molecule has 0 saturated heterocycles. The molecule has 1 atom stereocenters. The van der Waals surface area contributed by atoms with Crippen molar-refractivity contribution >= 4 is 17.6 Å². The second-order valence-corrected chi connectivity index (χ2v) is 5.80. The Bertz CT molecular complexity index is 695. The van der Waals surface area contributed by atoms with Gasteiger partial charge in [0.2, 0.25) is 5.91 Å². The summed E-state index contributed by atoms with van der Waals surface area (Å²) in [5.74, 6) is -1.96. The first-order valence-corrected chi connectivity index (χ1v) is 7.59. The normalized spacial score (nSPS) is 11.7. The largest absolute Gasteiger partial charge is 0.481 e. The molecule has 4 nitrogen and oxygen atoms in total. The van der Waals surface area contributed by atoms with E-state index in [1.165, 1.54) is 0 Å². The van der Waals surface area contributed by atoms with Gasteiger partial charge in [-0.15, -0.1) is 0 Å². The van der Waals surface area contributed by atoms with Gasteiger partial charge in [0.05, 0.1) is 5.92 Å². The molecule has 2 aromatic carbocycles. The molecule has 1 amide bonds. The smallest absolute Gasteiger partial charge is 0.307 e. The molecule has 4 heteroatoms. The van der Waals surface area contributed by atoms with E-state index >= 15 is 0 Å². The van der Waals surface area contributed by atoms with Gasteiger partial charge in [0.1, 0.15) is 0 Å². The van der Waals surface area contributed by atoms with Crippen LogP contribution >= 0.6 is 0 Å². The van der Waals surface area contributed by atoms with Crippen molar-refractivity contribution in [3.05, 3.63) is 65.2 Å². The van der Waals surface area contributed by atoms with Gasteiger partial charge < -0.3 is 10.4 Å². The van der Waals surface area contributed by atoms with Crippen LogP contribution in [0.4, 0.5) is 5.69 Å². The van der Waals surface area contributed by atoms with Crippen molar-refractivity contribution in [1.82, 2.24) is 0 Å². The number of rotatable bonds is 6. The molecule has 0 aliphatic heterocycles. The number of hydrogen-bond donors (Lipinski definition) is 2. The Morgan fingerprint density at radius 3 is 2.43 bits per heavy atom. The summed E-state index contributed by atoms with van der Waals surface area (Å²) in [7, 11) is 0. The molecule has 2 N–H and O–H groups in total. The summed E-state index contributed by atoms with van der Waals surface area (Å²) in [5, 5.41) is 12.2. The van der Waals surface area contributed by atoms with Gasteiger partial charge in [0.15, 0.2) is 0 Å². The van der Waals surface area contributed by atoms with Crippen LogP contribution in [0.5, 0.6) is 0 Å². The molecule has 0 aliphatic rings. The summed E-state index contributed by atoms with van der Waals surface area (Å²) in [6.07, 6.45) is 0.300. The minimum Gasteiger partial charge on any atom is -0.481 e. The van der Waals surface area contributed by atoms with Crippen molar-refractivity contribution in [3.63, 3.8) is 0 Å². The quantitative estimate of drug-likeness (QED) is 0.857. The Balaban J connectivity index is 2.03. The molecular formula is C19H21NO3. The summed E-state index contributed by atoms with van der Waals surface area (Å²) >= 11 is 0. The van der Waals surface area contributed by atoms with Crippen LogP contribution in [0.25, 0.3) is 0 Å². The summed E-state index contributed by atoms with van der Waals surface area (Å²) in [4.78, 5) is 23.6. The lowest BCUT2D eigenvalue weighted by Gasteiger charge is -2.14. The maximum atomic E-state index is 12.2. The maximum absolute atomic E-state index is 12.2. The molecule has 0 unspecified atom stereocenters. The number of nitrogens with one attached hydrogen (secondary N) is 1. The van der Waals surface area contributed by atoms with E-state index in [2.05, 4.69) is 5.32 Å². The monoisotopic (exact) mass is 311 g/mol. The van der Waals surface area contributed by atoms with Crippen LogP contribution < -0.4 is 5.32 Å². The van der Waals surface area contributed by atoms with E-state index in [0.717, 1.165) is 22.4 Å². The van der Waals surface area contributed by atoms with Crippen LogP contribution in [0.1, 0.15) is 23.1 Å². The van der Waals surface area contributed by atoms with E-state index in [1.54, 1.807) is 0 Å². The number of aliphatic carboxylic acids is 1. The highest BCUT2D eigenvalue weighted by atomic mass is 16.4. The van der Waals surface area contributed by atoms with Crippen molar-refractivity contribution in [2.45, 2.75) is 26.7 Å². The molecule has 0 radical (unpaired) electrons. The van der Waals surface area contributed by atoms with Crippen molar-refractivity contribution in [2.75, 3.05) is 5.32 Å². The molecule has 0 bridgehead atoms. The SMILES string of the molecule is Cc1ccc(C)c(NC(=O)C[C@H](Cc2ccccc2)C(=O)O)c1. The Hall–Kier alpha value is -2.62. The predicted octanol–water partition coefficient (Wildman–Crippen LogP) is 3.58. The Morgan fingerprint density at radius 1 is 1.09 bits per heavy atom. The van der Waals surface area contributed by atoms with Gasteiger partial charge in [-0.25, -0.2) is 0 Å². The number of hydrogen-bond acceptors (Lipinski definition) is 2. The lowest BCUT2D eigenvalue weighted by molar-refractivity contribution is -0.143. The van der Waals surface area contributed by atoms with E-state index < -0.39 is 11.9 Å². The highest BCUT2D eigenvalue weighted by Gasteiger charge is 2.22. The maximum Gasteiger partial charge on any atom is 0.307 e. The number of carboxylic acid groups (broad SMARTS) is 1. The third-order valence-corrected chi connectivity index (χ3v) is 3.77. The predicted molar refractivity (Wildman–Crippen MR) is 90.4 cm³/mol. The van der Waals surface area contributed by atoms with Gasteiger partial charge in [-0.3, -0.25) is 9.59 Å². The topological polar surface area (TPSA) is 66.4 Å². The van der Waals surface area contributed by atoms with Crippen molar-refractivity contribution < 1.29 is 14.7 Å². The second kappa shape index (κ2) is 7.58. The van der Waals surface area contributed by atoms with Gasteiger partial charge in [0, 0.05) is 12.1 Å². The number of amides is 1. The summed E-state index contributed by atoms with van der Waals surface area (Å²) in [5.41, 5.74) is 3.65. The minimum absolute atomic E-state index is 0.0440. The van der Waals surface area contributed by atoms with Gasteiger partial charge in [-0.1, -0.05) is 42.5 Å². The molecular weight excluding hydrogens is 290 g/mol. The number of carbonyl (C=O) groups is 2. The molecule has 2 aromatic rings. The molecule has 2 rings (SSSR count). The van der Waals surface area contributed by atoms with Crippen molar-refractivity contribution in [2.24, 2.45) is 5.92 Å². The highest BCUT2D eigenvalue weighted by molar-refractivity contribution is 5.93. The molecule has 0 heterocycles. The molecule has 0 saturated carbocycles. The second-order valence-electron chi connectivity index (χ2n) is 5.80. The Kier molecular flexibility index (Phi) is 5.52. The van der Waals surface area contributed by atoms with E-state index in [4.69, 9.17) is 0 Å². The third kappa shape index (κ3) is 4.95. The third-order valence-electron chi connectivity index (χ3n) is 3.77. The lowest BCUT2D eigenvalue weighted by Crippen LogP contribution is -2.24. The van der Waals surface area contributed by atoms with Crippen LogP contribution in [0.15, 0.2) is 48.5 Å². The average molecular weight is 311 g/mol. The van der Waals surface area contributed by atoms with Crippen LogP contribution in [-0.4, -0.2) is 17.0 Å². The molecule has 23 heavy (non-hydrogen) atoms. The van der Waals surface area contributed by atoms with E-state index in [1.807, 2.05) is 62.4 Å². The standard InChI is InChI=1S/C19H21NO3/c1-13-8-9-14(2)17(10-13)20-18(21)12-16(19(22)23)11-15-6-4-3-5-7-15/h3-10,16H,11-12H2,1-2H3,(H,20,21)(H,22,23)/t16-/m0/s1. The number of aryl methyl sites for hydroxylation is 2. The Labute approximate surface area is 136 Å². The molecule has 0 aliphatic carbocycles. The number of carboxylic acids is 1. The zero-order valence-electron chi connectivity index (χ0n) is 13.4. The molecule has 120 valence electrons. The number of benzene rings is 2. The fourth-order valence-electron chi connectivity index (χ4n) is 2.44. The Morgan fingerprint density at radius 2 is 1.78 bits per heavy atom. The van der Waals surface area contributed by atoms with Gasteiger partial charge in [-0.05, 0) is 43.0 Å². The molecule has 0 aromatic heterocycles. The summed E-state index contributed by atoms with van der Waals surface area (Å²) in [6, 6.07) is 15.2. The summed E-state index contributed by atoms with van der Waals surface area (Å²) < 4.78 is 0. The molecule has 0 spiro atoms. The van der Waals surface area contributed by atoms with E-state index in [-0.39, 0.29) is 12.3 Å². The zero-order valence-corrected chi connectivity index (χ0v) is 13.4. The first-order valence-electron chi connectivity index (χ1n) is 7.59. The van der Waals surface area contributed by atoms with Crippen LogP contribution in [0, 0.1) is 19.8 Å². The van der Waals surface area contributed by atoms with Crippen molar-refractivity contribution in [3.8, 4) is 0 Å². The fourth-order valence-corrected chi connectivity index (χ4v) is 2.44. The van der Waals surface area contributed by atoms with Crippen LogP contribution in [0.2, 0.25) is 0 Å². The van der Waals surface area contributed by atoms with Crippen LogP contribution in [0.3, 0.4) is 0 Å². The van der Waals surface area contributed by atoms with Crippen LogP contribution in [-0.2, 0) is 16.0 Å². The summed E-state index contributed by atoms with van der Waals surface area (Å²) in [6.45, 7) is 3.86. The number of carbonyl (C=O) groups excluding carboxylic acids is 1. The first-order chi connectivity index (χ1) is 11.0. The number of anilines is 1. The average Bonchev–Trinajstić information content (AvgIpc) is 2.51. The minimum atomic E-state index is -0.954. The first kappa shape index (κ1) is 16.7. The fraction of sp³-hybridized carbons (Fsp3) is 0.263.